The van der Waals surface area contributed by atoms with E-state index in [4.69, 9.17) is 4.98 Å². The van der Waals surface area contributed by atoms with Crippen LogP contribution in [-0.2, 0) is 13.1 Å². The summed E-state index contributed by atoms with van der Waals surface area (Å²) in [5.74, 6) is 0. The van der Waals surface area contributed by atoms with Gasteiger partial charge in [0.25, 0.3) is 0 Å². The number of H-pyrrole nitrogens is 2. The number of fused-ring (bicyclic) bond motifs is 2. The van der Waals surface area contributed by atoms with Gasteiger partial charge in [-0.05, 0) is 46.8 Å². The van der Waals surface area contributed by atoms with E-state index in [1.54, 1.807) is 11.3 Å². The zero-order valence-corrected chi connectivity index (χ0v) is 21.3. The first kappa shape index (κ1) is 22.6. The second kappa shape index (κ2) is 9.70. The average Bonchev–Trinajstić information content (AvgIpc) is 3.73. The Balaban J connectivity index is 1.20. The zero-order chi connectivity index (χ0) is 25.3. The summed E-state index contributed by atoms with van der Waals surface area (Å²) in [6.07, 6.45) is 5.62. The fraction of sp³-hybridized carbons (Fsp3) is 0.0645. The lowest BCUT2D eigenvalue weighted by Gasteiger charge is -2.07. The van der Waals surface area contributed by atoms with Gasteiger partial charge in [-0.1, -0.05) is 48.5 Å². The summed E-state index contributed by atoms with van der Waals surface area (Å²) in [6, 6.07) is 27.5. The summed E-state index contributed by atoms with van der Waals surface area (Å²) >= 11 is 1.75. The van der Waals surface area contributed by atoms with Crippen LogP contribution >= 0.6 is 11.3 Å². The van der Waals surface area contributed by atoms with Crippen LogP contribution in [0.4, 0.5) is 0 Å². The van der Waals surface area contributed by atoms with E-state index in [0.717, 1.165) is 57.7 Å². The van der Waals surface area contributed by atoms with E-state index in [9.17, 15) is 0 Å². The molecule has 7 aromatic rings. The maximum Gasteiger partial charge on any atom is 0.116 e. The number of aromatic nitrogens is 5. The number of hydrogen-bond donors (Lipinski definition) is 3. The van der Waals surface area contributed by atoms with Crippen LogP contribution in [0.5, 0.6) is 0 Å². The van der Waals surface area contributed by atoms with Crippen LogP contribution in [0.15, 0.2) is 103 Å². The maximum atomic E-state index is 4.70. The molecule has 0 aliphatic carbocycles. The minimum absolute atomic E-state index is 0.733. The highest BCUT2D eigenvalue weighted by Gasteiger charge is 2.15. The van der Waals surface area contributed by atoms with E-state index >= 15 is 0 Å². The summed E-state index contributed by atoms with van der Waals surface area (Å²) in [6.45, 7) is 1.54. The van der Waals surface area contributed by atoms with Gasteiger partial charge in [0.15, 0.2) is 0 Å². The fourth-order valence-corrected chi connectivity index (χ4v) is 5.65. The van der Waals surface area contributed by atoms with Gasteiger partial charge in [0.2, 0.25) is 0 Å². The van der Waals surface area contributed by atoms with Crippen LogP contribution in [0.1, 0.15) is 11.1 Å². The van der Waals surface area contributed by atoms with E-state index in [0.29, 0.717) is 0 Å². The molecule has 3 N–H and O–H groups in total. The van der Waals surface area contributed by atoms with Crippen molar-refractivity contribution in [3.05, 3.63) is 114 Å². The first-order valence-corrected chi connectivity index (χ1v) is 13.4. The summed E-state index contributed by atoms with van der Waals surface area (Å²) in [5, 5.41) is 15.6. The van der Waals surface area contributed by atoms with Crippen LogP contribution in [0.2, 0.25) is 0 Å². The molecule has 184 valence electrons. The Labute approximate surface area is 223 Å². The molecule has 0 aliphatic heterocycles. The predicted octanol–water partition coefficient (Wildman–Crippen LogP) is 7.19. The van der Waals surface area contributed by atoms with Crippen molar-refractivity contribution in [2.24, 2.45) is 0 Å². The summed E-state index contributed by atoms with van der Waals surface area (Å²) < 4.78 is 0. The number of hydrogen-bond acceptors (Lipinski definition) is 5. The van der Waals surface area contributed by atoms with E-state index in [2.05, 4.69) is 104 Å². The number of benzene rings is 2. The van der Waals surface area contributed by atoms with Gasteiger partial charge in [-0.15, -0.1) is 11.3 Å². The van der Waals surface area contributed by atoms with Crippen molar-refractivity contribution in [3.63, 3.8) is 0 Å². The molecule has 0 radical (unpaired) electrons. The molecule has 0 amide bonds. The molecule has 0 atom stereocenters. The Kier molecular flexibility index (Phi) is 5.77. The standard InChI is InChI=1S/C31H24N6S/c1-2-6-20(7-3-1)15-32-16-21-12-22(18-33-17-21)27-14-25-29(19-34-27)36-37-31(25)28-13-24-23(30-10-5-11-38-30)8-4-9-26(24)35-28/h1-14,17-19,32,35H,15-16H2,(H,36,37). The molecule has 7 heteroatoms. The van der Waals surface area contributed by atoms with Crippen molar-refractivity contribution >= 4 is 33.1 Å². The average molecular weight is 513 g/mol. The second-order valence-corrected chi connectivity index (χ2v) is 10.2. The fourth-order valence-electron chi connectivity index (χ4n) is 4.88. The zero-order valence-electron chi connectivity index (χ0n) is 20.5. The van der Waals surface area contributed by atoms with Crippen LogP contribution in [0, 0.1) is 0 Å². The molecule has 0 saturated heterocycles. The van der Waals surface area contributed by atoms with Gasteiger partial charge in [-0.25, -0.2) is 0 Å². The normalized spacial score (nSPS) is 11.5. The van der Waals surface area contributed by atoms with Crippen LogP contribution < -0.4 is 5.32 Å². The Morgan fingerprint density at radius 1 is 0.763 bits per heavy atom. The topological polar surface area (TPSA) is 82.3 Å². The molecule has 0 bridgehead atoms. The van der Waals surface area contributed by atoms with Crippen molar-refractivity contribution in [3.8, 4) is 33.1 Å². The summed E-state index contributed by atoms with van der Waals surface area (Å²) in [5.41, 5.74) is 9.30. The number of nitrogens with one attached hydrogen (secondary N) is 3. The lowest BCUT2D eigenvalue weighted by Crippen LogP contribution is -2.12. The number of aromatic amines is 2. The number of nitrogens with zero attached hydrogens (tertiary/aromatic N) is 3. The molecular weight excluding hydrogens is 488 g/mol. The van der Waals surface area contributed by atoms with Crippen molar-refractivity contribution in [1.29, 1.82) is 0 Å². The largest absolute Gasteiger partial charge is 0.353 e. The van der Waals surface area contributed by atoms with Crippen LogP contribution in [0.3, 0.4) is 0 Å². The molecule has 5 heterocycles. The van der Waals surface area contributed by atoms with Crippen molar-refractivity contribution in [2.45, 2.75) is 13.1 Å². The van der Waals surface area contributed by atoms with E-state index in [1.165, 1.54) is 21.4 Å². The molecule has 7 rings (SSSR count). The quantitative estimate of drug-likeness (QED) is 0.211. The molecule has 0 spiro atoms. The highest BCUT2D eigenvalue weighted by molar-refractivity contribution is 7.13. The van der Waals surface area contributed by atoms with Gasteiger partial charge >= 0.3 is 0 Å². The third-order valence-corrected chi connectivity index (χ3v) is 7.65. The number of pyridine rings is 2. The monoisotopic (exact) mass is 512 g/mol. The molecule has 5 aromatic heterocycles. The number of rotatable bonds is 7. The molecule has 2 aromatic carbocycles. The minimum atomic E-state index is 0.733. The SMILES string of the molecule is c1ccc(CNCc2cncc(-c3cc4c(-c5cc6c(-c7cccs7)cccc6[nH]5)n[nH]c4cn3)c2)cc1. The van der Waals surface area contributed by atoms with Crippen molar-refractivity contribution < 1.29 is 0 Å². The second-order valence-electron chi connectivity index (χ2n) is 9.29. The minimum Gasteiger partial charge on any atom is -0.353 e. The molecule has 0 saturated carbocycles. The van der Waals surface area contributed by atoms with Gasteiger partial charge in [-0.3, -0.25) is 15.1 Å². The van der Waals surface area contributed by atoms with E-state index in [1.807, 2.05) is 24.7 Å². The first-order chi connectivity index (χ1) is 18.8. The molecule has 38 heavy (non-hydrogen) atoms. The Morgan fingerprint density at radius 3 is 2.58 bits per heavy atom. The van der Waals surface area contributed by atoms with Gasteiger partial charge in [0, 0.05) is 57.8 Å². The summed E-state index contributed by atoms with van der Waals surface area (Å²) in [7, 11) is 0. The van der Waals surface area contributed by atoms with Gasteiger partial charge < -0.3 is 10.3 Å². The smallest absolute Gasteiger partial charge is 0.116 e. The molecular formula is C31H24N6S. The van der Waals surface area contributed by atoms with Gasteiger partial charge in [0.05, 0.1) is 23.1 Å². The highest BCUT2D eigenvalue weighted by Crippen LogP contribution is 2.36. The van der Waals surface area contributed by atoms with E-state index < -0.39 is 0 Å². The van der Waals surface area contributed by atoms with Crippen molar-refractivity contribution in [2.75, 3.05) is 0 Å². The molecule has 0 unspecified atom stereocenters. The number of thiophene rings is 1. The first-order valence-electron chi connectivity index (χ1n) is 12.5. The third-order valence-electron chi connectivity index (χ3n) is 6.74. The lowest BCUT2D eigenvalue weighted by atomic mass is 10.1. The molecule has 6 nitrogen and oxygen atoms in total. The molecule has 0 aliphatic rings. The van der Waals surface area contributed by atoms with Gasteiger partial charge in [-0.2, -0.15) is 5.10 Å². The third kappa shape index (κ3) is 4.28. The Hall–Kier alpha value is -4.59. The maximum absolute atomic E-state index is 4.70. The van der Waals surface area contributed by atoms with Gasteiger partial charge in [0.1, 0.15) is 5.69 Å². The Bertz CT molecular complexity index is 1850. The lowest BCUT2D eigenvalue weighted by molar-refractivity contribution is 0.691. The van der Waals surface area contributed by atoms with E-state index in [-0.39, 0.29) is 0 Å². The molecule has 0 fully saturated rings. The van der Waals surface area contributed by atoms with Crippen LogP contribution in [-0.4, -0.2) is 25.1 Å². The van der Waals surface area contributed by atoms with Crippen molar-refractivity contribution in [1.82, 2.24) is 30.5 Å². The summed E-state index contributed by atoms with van der Waals surface area (Å²) in [4.78, 5) is 14.0. The van der Waals surface area contributed by atoms with Crippen LogP contribution in [0.25, 0.3) is 54.9 Å². The predicted molar refractivity (Wildman–Crippen MR) is 155 cm³/mol. The highest BCUT2D eigenvalue weighted by atomic mass is 32.1. The Morgan fingerprint density at radius 2 is 1.68 bits per heavy atom.